The Hall–Kier alpha value is -1.32. The highest BCUT2D eigenvalue weighted by Gasteiger charge is 2.18. The molecule has 0 aliphatic carbocycles. The molecule has 1 rings (SSSR count). The lowest BCUT2D eigenvalue weighted by Crippen LogP contribution is -2.13. The topological polar surface area (TPSA) is 52.3 Å². The van der Waals surface area contributed by atoms with E-state index < -0.39 is 0 Å². The molecule has 0 N–H and O–H groups in total. The molecule has 1 atom stereocenters. The Labute approximate surface area is 70.5 Å². The first-order chi connectivity index (χ1) is 5.75. The minimum atomic E-state index is -0.344. The fourth-order valence-corrected chi connectivity index (χ4v) is 0.833. The largest absolute Gasteiger partial charge is 0.465 e. The first-order valence-electron chi connectivity index (χ1n) is 3.82. The fraction of sp³-hybridized carbons (Fsp3) is 0.500. The van der Waals surface area contributed by atoms with Crippen LogP contribution in [0.4, 0.5) is 0 Å². The summed E-state index contributed by atoms with van der Waals surface area (Å²) in [5, 5.41) is 3.64. The van der Waals surface area contributed by atoms with Gasteiger partial charge in [-0.2, -0.15) is 0 Å². The van der Waals surface area contributed by atoms with Crippen LogP contribution >= 0.6 is 0 Å². The van der Waals surface area contributed by atoms with Gasteiger partial charge < -0.3 is 9.26 Å². The van der Waals surface area contributed by atoms with Crippen LogP contribution in [0.3, 0.4) is 0 Å². The van der Waals surface area contributed by atoms with Crippen molar-refractivity contribution in [3.05, 3.63) is 18.0 Å². The van der Waals surface area contributed by atoms with Crippen molar-refractivity contribution in [2.75, 3.05) is 6.61 Å². The Morgan fingerprint density at radius 1 is 1.83 bits per heavy atom. The molecule has 0 saturated carbocycles. The lowest BCUT2D eigenvalue weighted by Gasteiger charge is -2.05. The highest BCUT2D eigenvalue weighted by atomic mass is 16.5. The van der Waals surface area contributed by atoms with Gasteiger partial charge >= 0.3 is 5.97 Å². The molecular formula is C8H11NO3. The van der Waals surface area contributed by atoms with Crippen molar-refractivity contribution >= 4 is 5.97 Å². The Kier molecular flexibility index (Phi) is 2.85. The third-order valence-electron chi connectivity index (χ3n) is 1.54. The Morgan fingerprint density at radius 2 is 2.58 bits per heavy atom. The van der Waals surface area contributed by atoms with Gasteiger partial charge in [-0.15, -0.1) is 0 Å². The summed E-state index contributed by atoms with van der Waals surface area (Å²) in [4.78, 5) is 11.1. The number of rotatable bonds is 3. The number of carbonyl (C=O) groups is 1. The predicted octanol–water partition coefficient (Wildman–Crippen LogP) is 1.34. The summed E-state index contributed by atoms with van der Waals surface area (Å²) < 4.78 is 9.41. The van der Waals surface area contributed by atoms with Crippen molar-refractivity contribution < 1.29 is 14.1 Å². The molecule has 4 heteroatoms. The van der Waals surface area contributed by atoms with Gasteiger partial charge in [0.2, 0.25) is 0 Å². The Balaban J connectivity index is 2.59. The summed E-state index contributed by atoms with van der Waals surface area (Å²) in [6.45, 7) is 3.89. The molecule has 1 aromatic heterocycles. The van der Waals surface area contributed by atoms with E-state index in [1.54, 1.807) is 19.9 Å². The van der Waals surface area contributed by atoms with Crippen molar-refractivity contribution in [1.29, 1.82) is 0 Å². The third kappa shape index (κ3) is 1.84. The second-order valence-corrected chi connectivity index (χ2v) is 2.40. The summed E-state index contributed by atoms with van der Waals surface area (Å²) >= 11 is 0. The molecule has 12 heavy (non-hydrogen) atoms. The van der Waals surface area contributed by atoms with Crippen LogP contribution in [-0.2, 0) is 9.53 Å². The molecule has 66 valence electrons. The summed E-state index contributed by atoms with van der Waals surface area (Å²) in [5.41, 5.74) is 0.605. The third-order valence-corrected chi connectivity index (χ3v) is 1.54. The van der Waals surface area contributed by atoms with Crippen LogP contribution in [0.15, 0.2) is 16.9 Å². The van der Waals surface area contributed by atoms with E-state index in [-0.39, 0.29) is 11.9 Å². The van der Waals surface area contributed by atoms with E-state index in [0.29, 0.717) is 12.3 Å². The number of esters is 1. The first-order valence-corrected chi connectivity index (χ1v) is 3.82. The number of ether oxygens (including phenoxy) is 1. The van der Waals surface area contributed by atoms with E-state index in [1.807, 2.05) is 0 Å². The average molecular weight is 169 g/mol. The van der Waals surface area contributed by atoms with Gasteiger partial charge in [-0.05, 0) is 13.8 Å². The van der Waals surface area contributed by atoms with Gasteiger partial charge in [-0.3, -0.25) is 4.79 Å². The molecule has 0 fully saturated rings. The first kappa shape index (κ1) is 8.77. The van der Waals surface area contributed by atoms with Crippen LogP contribution in [0, 0.1) is 0 Å². The predicted molar refractivity (Wildman–Crippen MR) is 41.6 cm³/mol. The molecule has 0 saturated heterocycles. The molecule has 1 heterocycles. The molecule has 0 aliphatic heterocycles. The molecule has 0 aromatic carbocycles. The Morgan fingerprint density at radius 3 is 3.08 bits per heavy atom. The zero-order valence-electron chi connectivity index (χ0n) is 7.11. The summed E-state index contributed by atoms with van der Waals surface area (Å²) in [5.74, 6) is -0.616. The number of aromatic nitrogens is 1. The van der Waals surface area contributed by atoms with E-state index in [0.717, 1.165) is 0 Å². The quantitative estimate of drug-likeness (QED) is 0.641. The highest BCUT2D eigenvalue weighted by Crippen LogP contribution is 2.13. The number of hydrogen-bond acceptors (Lipinski definition) is 4. The van der Waals surface area contributed by atoms with E-state index in [4.69, 9.17) is 4.74 Å². The van der Waals surface area contributed by atoms with Gasteiger partial charge in [0.15, 0.2) is 0 Å². The summed E-state index contributed by atoms with van der Waals surface area (Å²) in [6.07, 6.45) is 1.44. The maximum absolute atomic E-state index is 11.1. The fourth-order valence-electron chi connectivity index (χ4n) is 0.833. The molecule has 0 radical (unpaired) electrons. The smallest absolute Gasteiger partial charge is 0.314 e. The van der Waals surface area contributed by atoms with Gasteiger partial charge in [0.25, 0.3) is 0 Å². The molecule has 0 aliphatic rings. The number of hydrogen-bond donors (Lipinski definition) is 0. The van der Waals surface area contributed by atoms with Gasteiger partial charge in [0.1, 0.15) is 6.26 Å². The maximum Gasteiger partial charge on any atom is 0.314 e. The van der Waals surface area contributed by atoms with Crippen LogP contribution in [0.1, 0.15) is 25.5 Å². The normalized spacial score (nSPS) is 12.5. The van der Waals surface area contributed by atoms with Gasteiger partial charge in [-0.1, -0.05) is 5.16 Å². The van der Waals surface area contributed by atoms with Crippen molar-refractivity contribution in [3.63, 3.8) is 0 Å². The summed E-state index contributed by atoms with van der Waals surface area (Å²) in [6, 6.07) is 1.65. The molecular weight excluding hydrogens is 158 g/mol. The zero-order valence-corrected chi connectivity index (χ0v) is 7.11. The van der Waals surface area contributed by atoms with E-state index in [9.17, 15) is 4.79 Å². The molecule has 4 nitrogen and oxygen atoms in total. The monoisotopic (exact) mass is 169 g/mol. The second-order valence-electron chi connectivity index (χ2n) is 2.40. The second kappa shape index (κ2) is 3.90. The van der Waals surface area contributed by atoms with Crippen LogP contribution in [0.2, 0.25) is 0 Å². The Bertz CT molecular complexity index is 243. The minimum Gasteiger partial charge on any atom is -0.465 e. The molecule has 0 bridgehead atoms. The van der Waals surface area contributed by atoms with Crippen LogP contribution in [-0.4, -0.2) is 17.7 Å². The molecule has 0 spiro atoms. The van der Waals surface area contributed by atoms with E-state index >= 15 is 0 Å². The van der Waals surface area contributed by atoms with Crippen LogP contribution < -0.4 is 0 Å². The molecule has 0 amide bonds. The number of nitrogens with zero attached hydrogens (tertiary/aromatic N) is 1. The van der Waals surface area contributed by atoms with E-state index in [2.05, 4.69) is 9.68 Å². The van der Waals surface area contributed by atoms with Crippen molar-refractivity contribution in [2.45, 2.75) is 19.8 Å². The molecule has 1 aromatic rings. The lowest BCUT2D eigenvalue weighted by molar-refractivity contribution is -0.144. The van der Waals surface area contributed by atoms with Crippen molar-refractivity contribution in [3.8, 4) is 0 Å². The summed E-state index contributed by atoms with van der Waals surface area (Å²) in [7, 11) is 0. The van der Waals surface area contributed by atoms with Gasteiger partial charge in [0, 0.05) is 6.07 Å². The number of carbonyl (C=O) groups excluding carboxylic acids is 1. The minimum absolute atomic E-state index is 0.272. The van der Waals surface area contributed by atoms with Gasteiger partial charge in [-0.25, -0.2) is 0 Å². The van der Waals surface area contributed by atoms with Crippen LogP contribution in [0.5, 0.6) is 0 Å². The SMILES string of the molecule is CCOC(=O)C(C)c1ccon1. The van der Waals surface area contributed by atoms with Crippen molar-refractivity contribution in [1.82, 2.24) is 5.16 Å². The zero-order chi connectivity index (χ0) is 8.97. The van der Waals surface area contributed by atoms with Crippen molar-refractivity contribution in [2.24, 2.45) is 0 Å². The standard InChI is InChI=1S/C8H11NO3/c1-3-11-8(10)6(2)7-4-5-12-9-7/h4-6H,3H2,1-2H3. The maximum atomic E-state index is 11.1. The van der Waals surface area contributed by atoms with E-state index in [1.165, 1.54) is 6.26 Å². The highest BCUT2D eigenvalue weighted by molar-refractivity contribution is 5.76. The lowest BCUT2D eigenvalue weighted by atomic mass is 10.1. The average Bonchev–Trinajstić information content (AvgIpc) is 2.55. The van der Waals surface area contributed by atoms with Crippen LogP contribution in [0.25, 0.3) is 0 Å². The molecule has 1 unspecified atom stereocenters. The van der Waals surface area contributed by atoms with Gasteiger partial charge in [0.05, 0.1) is 18.2 Å².